The van der Waals surface area contributed by atoms with Gasteiger partial charge in [0, 0.05) is 6.42 Å². The van der Waals surface area contributed by atoms with E-state index < -0.39 is 0 Å². The van der Waals surface area contributed by atoms with E-state index in [9.17, 15) is 4.79 Å². The summed E-state index contributed by atoms with van der Waals surface area (Å²) >= 11 is 0. The van der Waals surface area contributed by atoms with E-state index in [0.717, 1.165) is 12.8 Å². The third kappa shape index (κ3) is 29.2. The summed E-state index contributed by atoms with van der Waals surface area (Å²) in [6, 6.07) is 0. The van der Waals surface area contributed by atoms with Crippen molar-refractivity contribution >= 4 is 5.97 Å². The molecule has 0 aromatic rings. The molecule has 0 rings (SSSR count). The lowest BCUT2D eigenvalue weighted by Gasteiger charge is -2.05. The van der Waals surface area contributed by atoms with Crippen molar-refractivity contribution < 1.29 is 9.53 Å². The van der Waals surface area contributed by atoms with Gasteiger partial charge in [0.05, 0.1) is 6.61 Å². The molecule has 0 radical (unpaired) electrons. The van der Waals surface area contributed by atoms with Crippen LogP contribution in [0.3, 0.4) is 0 Å². The number of allylic oxidation sites excluding steroid dienone is 2. The van der Waals surface area contributed by atoms with Gasteiger partial charge in [-0.25, -0.2) is 0 Å². The largest absolute Gasteiger partial charge is 0.466 e. The molecule has 0 spiro atoms. The molecule has 0 amide bonds. The minimum Gasteiger partial charge on any atom is -0.466 e. The topological polar surface area (TPSA) is 26.3 Å². The molecule has 0 heterocycles. The Hall–Kier alpha value is -0.790. The van der Waals surface area contributed by atoms with Gasteiger partial charge in [0.15, 0.2) is 0 Å². The van der Waals surface area contributed by atoms with Crippen molar-refractivity contribution in [2.75, 3.05) is 6.61 Å². The molecule has 0 aliphatic rings. The Kier molecular flexibility index (Phi) is 29.5. The van der Waals surface area contributed by atoms with Gasteiger partial charge in [-0.2, -0.15) is 0 Å². The monoisotopic (exact) mass is 478 g/mol. The minimum atomic E-state index is 0.0181. The smallest absolute Gasteiger partial charge is 0.305 e. The maximum absolute atomic E-state index is 11.8. The highest BCUT2D eigenvalue weighted by Gasteiger charge is 2.02. The third-order valence-electron chi connectivity index (χ3n) is 6.90. The zero-order chi connectivity index (χ0) is 24.8. The van der Waals surface area contributed by atoms with Crippen molar-refractivity contribution in [3.8, 4) is 0 Å². The van der Waals surface area contributed by atoms with Crippen LogP contribution < -0.4 is 0 Å². The highest BCUT2D eigenvalue weighted by Crippen LogP contribution is 2.13. The number of hydrogen-bond donors (Lipinski definition) is 0. The predicted octanol–water partition coefficient (Wildman–Crippen LogP) is 11.3. The molecule has 202 valence electrons. The average Bonchev–Trinajstić information content (AvgIpc) is 2.84. The van der Waals surface area contributed by atoms with Gasteiger partial charge in [-0.05, 0) is 38.5 Å². The molecular weight excluding hydrogens is 416 g/mol. The van der Waals surface area contributed by atoms with Gasteiger partial charge in [0.1, 0.15) is 0 Å². The second-order valence-corrected chi connectivity index (χ2v) is 10.4. The van der Waals surface area contributed by atoms with Gasteiger partial charge in [0.2, 0.25) is 0 Å². The number of esters is 1. The second-order valence-electron chi connectivity index (χ2n) is 10.4. The van der Waals surface area contributed by atoms with Crippen molar-refractivity contribution in [2.45, 2.75) is 181 Å². The zero-order valence-corrected chi connectivity index (χ0v) is 23.6. The van der Waals surface area contributed by atoms with Crippen molar-refractivity contribution in [3.63, 3.8) is 0 Å². The molecule has 2 nitrogen and oxygen atoms in total. The highest BCUT2D eigenvalue weighted by atomic mass is 16.5. The molecule has 0 aliphatic heterocycles. The number of hydrogen-bond acceptors (Lipinski definition) is 2. The van der Waals surface area contributed by atoms with E-state index in [1.165, 1.54) is 148 Å². The first kappa shape index (κ1) is 33.2. The van der Waals surface area contributed by atoms with Crippen LogP contribution >= 0.6 is 0 Å². The van der Waals surface area contributed by atoms with Crippen LogP contribution in [-0.2, 0) is 9.53 Å². The molecule has 0 aliphatic carbocycles. The van der Waals surface area contributed by atoms with Crippen molar-refractivity contribution in [2.24, 2.45) is 0 Å². The number of ether oxygens (including phenoxy) is 1. The SMILES string of the molecule is CCCCCC/C=C/CCCCCCCCCC(=O)OCCCCCCCCCCCCCC. The van der Waals surface area contributed by atoms with Crippen LogP contribution in [0.1, 0.15) is 181 Å². The second kappa shape index (κ2) is 30.2. The fraction of sp³-hybridized carbons (Fsp3) is 0.906. The molecule has 0 unspecified atom stereocenters. The summed E-state index contributed by atoms with van der Waals surface area (Å²) in [5.74, 6) is 0.0181. The van der Waals surface area contributed by atoms with Crippen molar-refractivity contribution in [3.05, 3.63) is 12.2 Å². The maximum atomic E-state index is 11.8. The third-order valence-corrected chi connectivity index (χ3v) is 6.90. The number of carbonyl (C=O) groups excluding carboxylic acids is 1. The van der Waals surface area contributed by atoms with Gasteiger partial charge >= 0.3 is 5.97 Å². The highest BCUT2D eigenvalue weighted by molar-refractivity contribution is 5.69. The molecule has 0 atom stereocenters. The van der Waals surface area contributed by atoms with Crippen LogP contribution in [0.15, 0.2) is 12.2 Å². The lowest BCUT2D eigenvalue weighted by atomic mass is 10.1. The Labute approximate surface area is 215 Å². The Morgan fingerprint density at radius 2 is 0.824 bits per heavy atom. The van der Waals surface area contributed by atoms with Crippen LogP contribution in [0.25, 0.3) is 0 Å². The molecule has 0 saturated heterocycles. The molecule has 0 aromatic carbocycles. The Morgan fingerprint density at radius 3 is 1.29 bits per heavy atom. The fourth-order valence-corrected chi connectivity index (χ4v) is 4.54. The van der Waals surface area contributed by atoms with Crippen molar-refractivity contribution in [1.82, 2.24) is 0 Å². The van der Waals surface area contributed by atoms with Gasteiger partial charge in [-0.15, -0.1) is 0 Å². The van der Waals surface area contributed by atoms with Gasteiger partial charge < -0.3 is 4.74 Å². The first-order valence-corrected chi connectivity index (χ1v) is 15.6. The standard InChI is InChI=1S/C32H62O2/c1-3-5-7-9-11-13-15-17-18-19-20-22-24-26-28-30-32(33)34-31-29-27-25-23-21-16-14-12-10-8-6-4-2/h13,15H,3-12,14,16-31H2,1-2H3/b15-13+. The maximum Gasteiger partial charge on any atom is 0.305 e. The summed E-state index contributed by atoms with van der Waals surface area (Å²) in [6.07, 6.45) is 38.2. The zero-order valence-electron chi connectivity index (χ0n) is 23.6. The Balaban J connectivity index is 3.18. The van der Waals surface area contributed by atoms with Gasteiger partial charge in [0.25, 0.3) is 0 Å². The number of carbonyl (C=O) groups is 1. The molecule has 0 fully saturated rings. The van der Waals surface area contributed by atoms with E-state index in [4.69, 9.17) is 4.74 Å². The summed E-state index contributed by atoms with van der Waals surface area (Å²) in [5.41, 5.74) is 0. The first-order valence-electron chi connectivity index (χ1n) is 15.6. The first-order chi connectivity index (χ1) is 16.8. The fourth-order valence-electron chi connectivity index (χ4n) is 4.54. The number of rotatable bonds is 28. The summed E-state index contributed by atoms with van der Waals surface area (Å²) < 4.78 is 5.41. The molecule has 34 heavy (non-hydrogen) atoms. The van der Waals surface area contributed by atoms with Crippen LogP contribution in [0.4, 0.5) is 0 Å². The summed E-state index contributed by atoms with van der Waals surface area (Å²) in [4.78, 5) is 11.8. The normalized spacial score (nSPS) is 11.5. The van der Waals surface area contributed by atoms with Crippen LogP contribution in [-0.4, -0.2) is 12.6 Å². The average molecular weight is 479 g/mol. The predicted molar refractivity (Wildman–Crippen MR) is 151 cm³/mol. The molecular formula is C32H62O2. The van der Waals surface area contributed by atoms with Crippen LogP contribution in [0.2, 0.25) is 0 Å². The van der Waals surface area contributed by atoms with E-state index >= 15 is 0 Å². The summed E-state index contributed by atoms with van der Waals surface area (Å²) in [7, 11) is 0. The van der Waals surface area contributed by atoms with E-state index in [1.54, 1.807) is 0 Å². The summed E-state index contributed by atoms with van der Waals surface area (Å²) in [5, 5.41) is 0. The van der Waals surface area contributed by atoms with E-state index in [-0.39, 0.29) is 5.97 Å². The van der Waals surface area contributed by atoms with Crippen molar-refractivity contribution in [1.29, 1.82) is 0 Å². The molecule has 0 N–H and O–H groups in total. The molecule has 2 heteroatoms. The summed E-state index contributed by atoms with van der Waals surface area (Å²) in [6.45, 7) is 5.18. The lowest BCUT2D eigenvalue weighted by molar-refractivity contribution is -0.143. The molecule has 0 bridgehead atoms. The Bertz CT molecular complexity index is 415. The lowest BCUT2D eigenvalue weighted by Crippen LogP contribution is -2.05. The van der Waals surface area contributed by atoms with Crippen LogP contribution in [0.5, 0.6) is 0 Å². The quantitative estimate of drug-likeness (QED) is 0.0634. The van der Waals surface area contributed by atoms with E-state index in [0.29, 0.717) is 13.0 Å². The van der Waals surface area contributed by atoms with E-state index in [2.05, 4.69) is 26.0 Å². The molecule has 0 saturated carbocycles. The number of unbranched alkanes of at least 4 members (excludes halogenated alkanes) is 22. The van der Waals surface area contributed by atoms with Gasteiger partial charge in [-0.1, -0.05) is 148 Å². The van der Waals surface area contributed by atoms with E-state index in [1.807, 2.05) is 0 Å². The Morgan fingerprint density at radius 1 is 0.471 bits per heavy atom. The minimum absolute atomic E-state index is 0.0181. The van der Waals surface area contributed by atoms with Gasteiger partial charge in [-0.3, -0.25) is 4.79 Å². The van der Waals surface area contributed by atoms with Crippen LogP contribution in [0, 0.1) is 0 Å². The molecule has 0 aromatic heterocycles.